The van der Waals surface area contributed by atoms with Crippen molar-refractivity contribution >= 4 is 5.82 Å². The van der Waals surface area contributed by atoms with Crippen LogP contribution in [0.5, 0.6) is 0 Å². The van der Waals surface area contributed by atoms with Crippen LogP contribution in [0.1, 0.15) is 27.7 Å². The predicted octanol–water partition coefficient (Wildman–Crippen LogP) is 2.18. The SMILES string of the molecule is CCn1cc(N=NC(C)C)n(CC)c1=O. The number of hydrogen-bond donors (Lipinski definition) is 0. The number of azo groups is 1. The second-order valence-corrected chi connectivity index (χ2v) is 3.61. The van der Waals surface area contributed by atoms with Crippen LogP contribution in [-0.4, -0.2) is 15.2 Å². The molecular formula is C10H18N4O. The van der Waals surface area contributed by atoms with Crippen LogP contribution in [0.15, 0.2) is 21.2 Å². The molecule has 0 aliphatic heterocycles. The molecule has 0 N–H and O–H groups in total. The fourth-order valence-electron chi connectivity index (χ4n) is 1.30. The van der Waals surface area contributed by atoms with E-state index < -0.39 is 0 Å². The third-order valence-electron chi connectivity index (χ3n) is 2.07. The number of aryl methyl sites for hydroxylation is 1. The van der Waals surface area contributed by atoms with Crippen LogP contribution < -0.4 is 5.69 Å². The van der Waals surface area contributed by atoms with Gasteiger partial charge in [0, 0.05) is 13.1 Å². The highest BCUT2D eigenvalue weighted by Crippen LogP contribution is 2.11. The summed E-state index contributed by atoms with van der Waals surface area (Å²) >= 11 is 0. The third-order valence-corrected chi connectivity index (χ3v) is 2.07. The number of aromatic nitrogens is 2. The van der Waals surface area contributed by atoms with E-state index in [1.165, 1.54) is 0 Å². The number of nitrogens with zero attached hydrogens (tertiary/aromatic N) is 4. The molecule has 5 nitrogen and oxygen atoms in total. The summed E-state index contributed by atoms with van der Waals surface area (Å²) in [4.78, 5) is 11.7. The lowest BCUT2D eigenvalue weighted by Crippen LogP contribution is -2.22. The van der Waals surface area contributed by atoms with Gasteiger partial charge >= 0.3 is 5.69 Å². The smallest absolute Gasteiger partial charge is 0.297 e. The van der Waals surface area contributed by atoms with E-state index in [2.05, 4.69) is 10.2 Å². The Labute approximate surface area is 89.4 Å². The van der Waals surface area contributed by atoms with E-state index in [0.717, 1.165) is 0 Å². The molecule has 1 aromatic heterocycles. The standard InChI is InChI=1S/C10H18N4O/c1-5-13-7-9(12-11-8(3)4)14(6-2)10(13)15/h7-8H,5-6H2,1-4H3. The molecule has 5 heteroatoms. The van der Waals surface area contributed by atoms with Crippen LogP contribution in [0.4, 0.5) is 5.82 Å². The first-order chi connectivity index (χ1) is 7.10. The molecule has 1 heterocycles. The lowest BCUT2D eigenvalue weighted by atomic mass is 10.4. The van der Waals surface area contributed by atoms with Crippen molar-refractivity contribution in [1.29, 1.82) is 0 Å². The summed E-state index contributed by atoms with van der Waals surface area (Å²) in [5.74, 6) is 0.637. The number of imidazole rings is 1. The van der Waals surface area contributed by atoms with Gasteiger partial charge in [-0.3, -0.25) is 9.13 Å². The topological polar surface area (TPSA) is 51.6 Å². The molecule has 15 heavy (non-hydrogen) atoms. The first-order valence-corrected chi connectivity index (χ1v) is 5.30. The highest BCUT2D eigenvalue weighted by molar-refractivity contribution is 5.24. The summed E-state index contributed by atoms with van der Waals surface area (Å²) < 4.78 is 3.26. The van der Waals surface area contributed by atoms with E-state index in [4.69, 9.17) is 0 Å². The maximum absolute atomic E-state index is 11.7. The van der Waals surface area contributed by atoms with Gasteiger partial charge < -0.3 is 0 Å². The largest absolute Gasteiger partial charge is 0.329 e. The lowest BCUT2D eigenvalue weighted by molar-refractivity contribution is 0.653. The molecule has 0 fully saturated rings. The molecule has 84 valence electrons. The van der Waals surface area contributed by atoms with Crippen molar-refractivity contribution < 1.29 is 0 Å². The predicted molar refractivity (Wildman–Crippen MR) is 59.7 cm³/mol. The summed E-state index contributed by atoms with van der Waals surface area (Å²) in [6.07, 6.45) is 1.75. The molecule has 0 bridgehead atoms. The minimum atomic E-state index is -0.0160. The van der Waals surface area contributed by atoms with Crippen molar-refractivity contribution in [3.05, 3.63) is 16.7 Å². The Morgan fingerprint density at radius 3 is 2.47 bits per heavy atom. The zero-order valence-electron chi connectivity index (χ0n) is 9.77. The Morgan fingerprint density at radius 1 is 1.33 bits per heavy atom. The second-order valence-electron chi connectivity index (χ2n) is 3.61. The molecule has 0 saturated carbocycles. The minimum absolute atomic E-state index is 0.0160. The molecule has 1 aromatic rings. The summed E-state index contributed by atoms with van der Waals surface area (Å²) in [7, 11) is 0. The number of rotatable bonds is 4. The van der Waals surface area contributed by atoms with Crippen LogP contribution in [-0.2, 0) is 13.1 Å². The van der Waals surface area contributed by atoms with Crippen LogP contribution in [0, 0.1) is 0 Å². The van der Waals surface area contributed by atoms with Crippen LogP contribution >= 0.6 is 0 Å². The van der Waals surface area contributed by atoms with Gasteiger partial charge in [0.25, 0.3) is 0 Å². The Hall–Kier alpha value is -1.39. The molecule has 0 unspecified atom stereocenters. The molecule has 0 spiro atoms. The molecule has 1 rings (SSSR count). The first kappa shape index (κ1) is 11.7. The van der Waals surface area contributed by atoms with Gasteiger partial charge in [0.15, 0.2) is 5.82 Å². The Bertz CT molecular complexity index is 400. The van der Waals surface area contributed by atoms with E-state index in [0.29, 0.717) is 18.9 Å². The van der Waals surface area contributed by atoms with E-state index >= 15 is 0 Å². The minimum Gasteiger partial charge on any atom is -0.297 e. The van der Waals surface area contributed by atoms with Gasteiger partial charge in [-0.05, 0) is 27.7 Å². The molecule has 0 atom stereocenters. The average molecular weight is 210 g/mol. The van der Waals surface area contributed by atoms with Crippen LogP contribution in [0.2, 0.25) is 0 Å². The van der Waals surface area contributed by atoms with Crippen molar-refractivity contribution in [2.24, 2.45) is 10.2 Å². The van der Waals surface area contributed by atoms with Crippen molar-refractivity contribution in [1.82, 2.24) is 9.13 Å². The maximum Gasteiger partial charge on any atom is 0.329 e. The normalized spacial score (nSPS) is 11.8. The molecule has 0 radical (unpaired) electrons. The summed E-state index contributed by atoms with van der Waals surface area (Å²) in [5, 5.41) is 8.12. The summed E-state index contributed by atoms with van der Waals surface area (Å²) in [6.45, 7) is 9.05. The third kappa shape index (κ3) is 2.55. The van der Waals surface area contributed by atoms with Gasteiger partial charge in [-0.25, -0.2) is 4.79 Å². The highest BCUT2D eigenvalue weighted by atomic mass is 16.1. The van der Waals surface area contributed by atoms with Crippen molar-refractivity contribution in [3.63, 3.8) is 0 Å². The van der Waals surface area contributed by atoms with Gasteiger partial charge in [-0.1, -0.05) is 0 Å². The Morgan fingerprint density at radius 2 is 2.00 bits per heavy atom. The molecule has 0 amide bonds. The van der Waals surface area contributed by atoms with E-state index in [1.807, 2.05) is 27.7 Å². The summed E-state index contributed by atoms with van der Waals surface area (Å²) in [5.41, 5.74) is -0.0160. The maximum atomic E-state index is 11.7. The van der Waals surface area contributed by atoms with Gasteiger partial charge in [0.2, 0.25) is 0 Å². The van der Waals surface area contributed by atoms with Crippen molar-refractivity contribution in [3.8, 4) is 0 Å². The van der Waals surface area contributed by atoms with E-state index in [9.17, 15) is 4.79 Å². The van der Waals surface area contributed by atoms with Crippen molar-refractivity contribution in [2.45, 2.75) is 46.8 Å². The highest BCUT2D eigenvalue weighted by Gasteiger charge is 2.07. The lowest BCUT2D eigenvalue weighted by Gasteiger charge is -1.97. The molecule has 0 aliphatic carbocycles. The van der Waals surface area contributed by atoms with Crippen LogP contribution in [0.25, 0.3) is 0 Å². The molecular weight excluding hydrogens is 192 g/mol. The first-order valence-electron chi connectivity index (χ1n) is 5.30. The zero-order chi connectivity index (χ0) is 11.4. The Kier molecular flexibility index (Phi) is 3.82. The fourth-order valence-corrected chi connectivity index (χ4v) is 1.30. The zero-order valence-corrected chi connectivity index (χ0v) is 9.77. The second kappa shape index (κ2) is 4.91. The number of hydrogen-bond acceptors (Lipinski definition) is 3. The fraction of sp³-hybridized carbons (Fsp3) is 0.700. The average Bonchev–Trinajstić information content (AvgIpc) is 2.51. The van der Waals surface area contributed by atoms with Gasteiger partial charge in [0.05, 0.1) is 12.2 Å². The van der Waals surface area contributed by atoms with Crippen LogP contribution in [0.3, 0.4) is 0 Å². The monoisotopic (exact) mass is 210 g/mol. The molecule has 0 saturated heterocycles. The molecule has 0 aliphatic rings. The van der Waals surface area contributed by atoms with E-state index in [1.54, 1.807) is 15.3 Å². The van der Waals surface area contributed by atoms with Gasteiger partial charge in [0.1, 0.15) is 0 Å². The summed E-state index contributed by atoms with van der Waals surface area (Å²) in [6, 6.07) is 0.149. The van der Waals surface area contributed by atoms with Crippen molar-refractivity contribution in [2.75, 3.05) is 0 Å². The molecule has 0 aromatic carbocycles. The van der Waals surface area contributed by atoms with Gasteiger partial charge in [-0.15, -0.1) is 5.11 Å². The quantitative estimate of drug-likeness (QED) is 0.703. The van der Waals surface area contributed by atoms with E-state index in [-0.39, 0.29) is 11.7 Å². The van der Waals surface area contributed by atoms with Gasteiger partial charge in [-0.2, -0.15) is 5.11 Å². The Balaban J connectivity index is 3.12.